The minimum absolute atomic E-state index is 0.539. The first-order chi connectivity index (χ1) is 6.52. The Bertz CT molecular complexity index is 332. The third kappa shape index (κ3) is 2.25. The number of benzene rings is 1. The number of aliphatic carboxylic acids is 1. The second-order valence-electron chi connectivity index (χ2n) is 2.71. The summed E-state index contributed by atoms with van der Waals surface area (Å²) in [6.45, 7) is 0. The molecule has 0 amide bonds. The van der Waals surface area contributed by atoms with E-state index in [1.54, 1.807) is 0 Å². The molecule has 1 rings (SSSR count). The summed E-state index contributed by atoms with van der Waals surface area (Å²) in [6.07, 6.45) is -3.09. The predicted octanol–water partition coefficient (Wildman–Crippen LogP) is 1.93. The molecular formula is C9H7F3O2. The Hall–Kier alpha value is -1.52. The maximum Gasteiger partial charge on any atom is 0.338 e. The third-order valence-electron chi connectivity index (χ3n) is 1.71. The van der Waals surface area contributed by atoms with Crippen LogP contribution in [0.2, 0.25) is 0 Å². The summed E-state index contributed by atoms with van der Waals surface area (Å²) >= 11 is 0. The van der Waals surface area contributed by atoms with Gasteiger partial charge >= 0.3 is 5.97 Å². The standard InChI is InChI=1S/C9H7F3O2/c10-6-2-1-3-7(11)5(6)4-8(12)9(13)14/h1-3,8H,4H2,(H,13,14). The summed E-state index contributed by atoms with van der Waals surface area (Å²) in [6, 6.07) is 3.03. The number of halogens is 3. The molecule has 0 aromatic heterocycles. The number of carbonyl (C=O) groups is 1. The number of carboxylic acid groups (broad SMARTS) is 1. The van der Waals surface area contributed by atoms with Gasteiger partial charge in [-0.3, -0.25) is 0 Å². The molecule has 76 valence electrons. The lowest BCUT2D eigenvalue weighted by molar-refractivity contribution is -0.142. The van der Waals surface area contributed by atoms with Gasteiger partial charge in [-0.25, -0.2) is 18.0 Å². The molecule has 14 heavy (non-hydrogen) atoms. The maximum absolute atomic E-state index is 12.9. The van der Waals surface area contributed by atoms with Gasteiger partial charge in [0.25, 0.3) is 0 Å². The molecule has 0 saturated heterocycles. The minimum atomic E-state index is -2.29. The van der Waals surface area contributed by atoms with Crippen molar-refractivity contribution in [2.45, 2.75) is 12.6 Å². The Morgan fingerprint density at radius 2 is 1.86 bits per heavy atom. The fourth-order valence-electron chi connectivity index (χ4n) is 0.994. The smallest absolute Gasteiger partial charge is 0.338 e. The van der Waals surface area contributed by atoms with Crippen LogP contribution in [0.1, 0.15) is 5.56 Å². The van der Waals surface area contributed by atoms with Gasteiger partial charge in [0.2, 0.25) is 6.17 Å². The second-order valence-corrected chi connectivity index (χ2v) is 2.71. The lowest BCUT2D eigenvalue weighted by Gasteiger charge is -2.05. The Kier molecular flexibility index (Phi) is 3.11. The molecule has 5 heteroatoms. The van der Waals surface area contributed by atoms with Crippen LogP contribution in [0.3, 0.4) is 0 Å². The van der Waals surface area contributed by atoms with Crippen molar-refractivity contribution < 1.29 is 23.1 Å². The van der Waals surface area contributed by atoms with Crippen molar-refractivity contribution in [1.29, 1.82) is 0 Å². The van der Waals surface area contributed by atoms with Crippen LogP contribution >= 0.6 is 0 Å². The second kappa shape index (κ2) is 4.13. The van der Waals surface area contributed by atoms with E-state index in [9.17, 15) is 18.0 Å². The zero-order chi connectivity index (χ0) is 10.7. The highest BCUT2D eigenvalue weighted by Crippen LogP contribution is 2.15. The third-order valence-corrected chi connectivity index (χ3v) is 1.71. The first kappa shape index (κ1) is 10.6. The van der Waals surface area contributed by atoms with E-state index in [1.807, 2.05) is 0 Å². The van der Waals surface area contributed by atoms with Gasteiger partial charge < -0.3 is 5.11 Å². The Balaban J connectivity index is 2.91. The Morgan fingerprint density at radius 1 is 1.36 bits per heavy atom. The van der Waals surface area contributed by atoms with Gasteiger partial charge in [0, 0.05) is 12.0 Å². The van der Waals surface area contributed by atoms with Crippen molar-refractivity contribution in [2.75, 3.05) is 0 Å². The zero-order valence-corrected chi connectivity index (χ0v) is 7.01. The van der Waals surface area contributed by atoms with Gasteiger partial charge in [0.05, 0.1) is 0 Å². The summed E-state index contributed by atoms with van der Waals surface area (Å²) in [5, 5.41) is 8.21. The molecule has 0 saturated carbocycles. The van der Waals surface area contributed by atoms with E-state index >= 15 is 0 Å². The highest BCUT2D eigenvalue weighted by Gasteiger charge is 2.20. The summed E-state index contributed by atoms with van der Waals surface area (Å²) in [7, 11) is 0. The first-order valence-electron chi connectivity index (χ1n) is 3.82. The zero-order valence-electron chi connectivity index (χ0n) is 7.01. The SMILES string of the molecule is O=C(O)C(F)Cc1c(F)cccc1F. The molecule has 1 aromatic carbocycles. The van der Waals surface area contributed by atoms with Crippen LogP contribution in [0.5, 0.6) is 0 Å². The van der Waals surface area contributed by atoms with E-state index in [-0.39, 0.29) is 0 Å². The molecule has 1 unspecified atom stereocenters. The molecule has 0 fully saturated rings. The fourth-order valence-corrected chi connectivity index (χ4v) is 0.994. The minimum Gasteiger partial charge on any atom is -0.479 e. The molecule has 1 atom stereocenters. The van der Waals surface area contributed by atoms with Crippen LogP contribution in [-0.2, 0) is 11.2 Å². The molecule has 0 heterocycles. The molecule has 0 spiro atoms. The summed E-state index contributed by atoms with van der Waals surface area (Å²) in [5.74, 6) is -3.60. The number of rotatable bonds is 3. The average Bonchev–Trinajstić information content (AvgIpc) is 2.11. The maximum atomic E-state index is 12.9. The molecular weight excluding hydrogens is 197 g/mol. The normalized spacial score (nSPS) is 12.5. The van der Waals surface area contributed by atoms with Crippen LogP contribution in [0.25, 0.3) is 0 Å². The monoisotopic (exact) mass is 204 g/mol. The number of alkyl halides is 1. The van der Waals surface area contributed by atoms with Crippen molar-refractivity contribution >= 4 is 5.97 Å². The van der Waals surface area contributed by atoms with E-state index in [0.717, 1.165) is 18.2 Å². The van der Waals surface area contributed by atoms with E-state index in [0.29, 0.717) is 0 Å². The van der Waals surface area contributed by atoms with Gasteiger partial charge in [-0.05, 0) is 12.1 Å². The molecule has 1 N–H and O–H groups in total. The number of hydrogen-bond acceptors (Lipinski definition) is 1. The molecule has 2 nitrogen and oxygen atoms in total. The molecule has 0 aliphatic carbocycles. The summed E-state index contributed by atoms with van der Waals surface area (Å²) in [4.78, 5) is 10.1. The van der Waals surface area contributed by atoms with Crippen LogP contribution < -0.4 is 0 Å². The van der Waals surface area contributed by atoms with Gasteiger partial charge in [-0.2, -0.15) is 0 Å². The van der Waals surface area contributed by atoms with Crippen LogP contribution in [-0.4, -0.2) is 17.2 Å². The fraction of sp³-hybridized carbons (Fsp3) is 0.222. The topological polar surface area (TPSA) is 37.3 Å². The van der Waals surface area contributed by atoms with Gasteiger partial charge in [0.15, 0.2) is 0 Å². The van der Waals surface area contributed by atoms with E-state index < -0.39 is 35.8 Å². The van der Waals surface area contributed by atoms with E-state index in [1.165, 1.54) is 0 Å². The van der Waals surface area contributed by atoms with Gasteiger partial charge in [0.1, 0.15) is 11.6 Å². The molecule has 0 aliphatic rings. The van der Waals surface area contributed by atoms with Crippen LogP contribution in [0, 0.1) is 11.6 Å². The van der Waals surface area contributed by atoms with Crippen molar-refractivity contribution in [2.24, 2.45) is 0 Å². The molecule has 0 aliphatic heterocycles. The Morgan fingerprint density at radius 3 is 2.29 bits per heavy atom. The van der Waals surface area contributed by atoms with E-state index in [4.69, 9.17) is 5.11 Å². The predicted molar refractivity (Wildman–Crippen MR) is 42.6 cm³/mol. The van der Waals surface area contributed by atoms with E-state index in [2.05, 4.69) is 0 Å². The molecule has 0 bridgehead atoms. The Labute approximate surface area is 78.0 Å². The van der Waals surface area contributed by atoms with Crippen molar-refractivity contribution in [3.8, 4) is 0 Å². The number of hydrogen-bond donors (Lipinski definition) is 1. The van der Waals surface area contributed by atoms with Crippen molar-refractivity contribution in [1.82, 2.24) is 0 Å². The van der Waals surface area contributed by atoms with Crippen LogP contribution in [0.4, 0.5) is 13.2 Å². The number of carboxylic acids is 1. The van der Waals surface area contributed by atoms with Crippen molar-refractivity contribution in [3.05, 3.63) is 35.4 Å². The quantitative estimate of drug-likeness (QED) is 0.816. The average molecular weight is 204 g/mol. The van der Waals surface area contributed by atoms with Crippen LogP contribution in [0.15, 0.2) is 18.2 Å². The molecule has 1 aromatic rings. The summed E-state index contributed by atoms with van der Waals surface area (Å²) in [5.41, 5.74) is -0.539. The molecule has 0 radical (unpaired) electrons. The summed E-state index contributed by atoms with van der Waals surface area (Å²) < 4.78 is 38.4. The highest BCUT2D eigenvalue weighted by molar-refractivity contribution is 5.72. The first-order valence-corrected chi connectivity index (χ1v) is 3.82. The largest absolute Gasteiger partial charge is 0.479 e. The lowest BCUT2D eigenvalue weighted by atomic mass is 10.1. The highest BCUT2D eigenvalue weighted by atomic mass is 19.1. The lowest BCUT2D eigenvalue weighted by Crippen LogP contribution is -2.18. The van der Waals surface area contributed by atoms with Gasteiger partial charge in [-0.1, -0.05) is 6.07 Å². The van der Waals surface area contributed by atoms with Gasteiger partial charge in [-0.15, -0.1) is 0 Å². The van der Waals surface area contributed by atoms with Crippen molar-refractivity contribution in [3.63, 3.8) is 0 Å².